The topological polar surface area (TPSA) is 58.6 Å². The zero-order valence-electron chi connectivity index (χ0n) is 13.9. The normalized spacial score (nSPS) is 10.2. The van der Waals surface area contributed by atoms with Gasteiger partial charge in [-0.25, -0.2) is 0 Å². The lowest BCUT2D eigenvalue weighted by atomic mass is 10.2. The van der Waals surface area contributed by atoms with Crippen molar-refractivity contribution in [3.8, 4) is 5.75 Å². The number of rotatable bonds is 6. The second-order valence-corrected chi connectivity index (χ2v) is 6.51. The quantitative estimate of drug-likeness (QED) is 0.754. The molecular formula is C18H18BrClN2O3. The summed E-state index contributed by atoms with van der Waals surface area (Å²) >= 11 is 9.44. The summed E-state index contributed by atoms with van der Waals surface area (Å²) < 4.78 is 5.99. The molecule has 2 aromatic rings. The van der Waals surface area contributed by atoms with Gasteiger partial charge in [-0.2, -0.15) is 0 Å². The molecule has 0 heterocycles. The first kappa shape index (κ1) is 19.3. The second-order valence-electron chi connectivity index (χ2n) is 5.19. The summed E-state index contributed by atoms with van der Waals surface area (Å²) in [6, 6.07) is 12.1. The second kappa shape index (κ2) is 8.87. The Morgan fingerprint density at radius 3 is 2.60 bits per heavy atom. The fourth-order valence-electron chi connectivity index (χ4n) is 2.27. The van der Waals surface area contributed by atoms with Crippen LogP contribution < -0.4 is 10.1 Å². The van der Waals surface area contributed by atoms with Gasteiger partial charge in [0.1, 0.15) is 12.3 Å². The van der Waals surface area contributed by atoms with Crippen molar-refractivity contribution in [3.63, 3.8) is 0 Å². The van der Waals surface area contributed by atoms with Gasteiger partial charge in [-0.1, -0.05) is 39.7 Å². The van der Waals surface area contributed by atoms with Gasteiger partial charge >= 0.3 is 0 Å². The molecular weight excluding hydrogens is 408 g/mol. The van der Waals surface area contributed by atoms with Crippen molar-refractivity contribution in [1.82, 2.24) is 4.90 Å². The molecule has 0 spiro atoms. The Morgan fingerprint density at radius 1 is 1.24 bits per heavy atom. The highest BCUT2D eigenvalue weighted by Crippen LogP contribution is 2.24. The standard InChI is InChI=1S/C18H18BrClN2O3/c1-3-22(18(24)13-9-8-12(19)10-14(13)20)11-17(23)21-15-6-4-5-7-16(15)25-2/h4-10H,3,11H2,1-2H3,(H,21,23). The van der Waals surface area contributed by atoms with E-state index in [1.54, 1.807) is 43.3 Å². The van der Waals surface area contributed by atoms with Crippen LogP contribution >= 0.6 is 27.5 Å². The van der Waals surface area contributed by atoms with E-state index in [1.807, 2.05) is 6.07 Å². The van der Waals surface area contributed by atoms with Crippen molar-refractivity contribution in [2.24, 2.45) is 0 Å². The Labute approximate surface area is 160 Å². The van der Waals surface area contributed by atoms with E-state index < -0.39 is 0 Å². The predicted octanol–water partition coefficient (Wildman–Crippen LogP) is 4.21. The van der Waals surface area contributed by atoms with Gasteiger partial charge in [-0.3, -0.25) is 9.59 Å². The first-order valence-electron chi connectivity index (χ1n) is 7.63. The summed E-state index contributed by atoms with van der Waals surface area (Å²) in [5.41, 5.74) is 0.914. The average Bonchev–Trinajstić information content (AvgIpc) is 2.59. The van der Waals surface area contributed by atoms with Gasteiger partial charge in [0, 0.05) is 11.0 Å². The molecule has 0 fully saturated rings. The van der Waals surface area contributed by atoms with Crippen LogP contribution in [0.1, 0.15) is 17.3 Å². The zero-order chi connectivity index (χ0) is 18.4. The average molecular weight is 426 g/mol. The number of nitrogens with zero attached hydrogens (tertiary/aromatic N) is 1. The number of likely N-dealkylation sites (N-methyl/N-ethyl adjacent to an activating group) is 1. The molecule has 132 valence electrons. The lowest BCUT2D eigenvalue weighted by molar-refractivity contribution is -0.116. The number of hydrogen-bond donors (Lipinski definition) is 1. The Balaban J connectivity index is 2.10. The maximum atomic E-state index is 12.6. The maximum absolute atomic E-state index is 12.6. The van der Waals surface area contributed by atoms with Crippen molar-refractivity contribution >= 4 is 45.0 Å². The minimum absolute atomic E-state index is 0.0836. The molecule has 2 rings (SSSR count). The van der Waals surface area contributed by atoms with Crippen molar-refractivity contribution in [2.75, 3.05) is 25.5 Å². The van der Waals surface area contributed by atoms with E-state index in [9.17, 15) is 9.59 Å². The number of benzene rings is 2. The fourth-order valence-corrected chi connectivity index (χ4v) is 3.03. The molecule has 0 saturated carbocycles. The van der Waals surface area contributed by atoms with E-state index >= 15 is 0 Å². The van der Waals surface area contributed by atoms with Crippen LogP contribution in [0, 0.1) is 0 Å². The van der Waals surface area contributed by atoms with Gasteiger partial charge < -0.3 is 15.0 Å². The van der Waals surface area contributed by atoms with Crippen LogP contribution in [0.2, 0.25) is 5.02 Å². The molecule has 0 saturated heterocycles. The highest BCUT2D eigenvalue weighted by atomic mass is 79.9. The summed E-state index contributed by atoms with van der Waals surface area (Å²) in [5, 5.41) is 3.09. The number of amides is 2. The molecule has 1 N–H and O–H groups in total. The SMILES string of the molecule is CCN(CC(=O)Nc1ccccc1OC)C(=O)c1ccc(Br)cc1Cl. The summed E-state index contributed by atoms with van der Waals surface area (Å²) in [5.74, 6) is -0.0516. The van der Waals surface area contributed by atoms with E-state index in [4.69, 9.17) is 16.3 Å². The molecule has 2 aromatic carbocycles. The largest absolute Gasteiger partial charge is 0.495 e. The minimum atomic E-state index is -0.312. The van der Waals surface area contributed by atoms with E-state index in [-0.39, 0.29) is 18.4 Å². The monoisotopic (exact) mass is 424 g/mol. The van der Waals surface area contributed by atoms with Crippen LogP contribution in [0.3, 0.4) is 0 Å². The van der Waals surface area contributed by atoms with E-state index in [0.717, 1.165) is 4.47 Å². The first-order chi connectivity index (χ1) is 12.0. The van der Waals surface area contributed by atoms with Gasteiger partial charge in [0.2, 0.25) is 5.91 Å². The van der Waals surface area contributed by atoms with E-state index in [2.05, 4.69) is 21.2 Å². The molecule has 0 aliphatic carbocycles. The lowest BCUT2D eigenvalue weighted by Gasteiger charge is -2.21. The van der Waals surface area contributed by atoms with Crippen LogP contribution in [0.15, 0.2) is 46.9 Å². The Kier molecular flexibility index (Phi) is 6.84. The fraction of sp³-hybridized carbons (Fsp3) is 0.222. The lowest BCUT2D eigenvalue weighted by Crippen LogP contribution is -2.38. The van der Waals surface area contributed by atoms with Gasteiger partial charge in [0.25, 0.3) is 5.91 Å². The molecule has 25 heavy (non-hydrogen) atoms. The number of hydrogen-bond acceptors (Lipinski definition) is 3. The van der Waals surface area contributed by atoms with E-state index in [0.29, 0.717) is 28.6 Å². The molecule has 0 aliphatic heterocycles. The molecule has 2 amide bonds. The molecule has 0 radical (unpaired) electrons. The molecule has 0 aliphatic rings. The number of halogens is 2. The number of carbonyl (C=O) groups is 2. The summed E-state index contributed by atoms with van der Waals surface area (Å²) in [6.45, 7) is 2.10. The number of nitrogens with one attached hydrogen (secondary N) is 1. The Bertz CT molecular complexity index is 783. The highest BCUT2D eigenvalue weighted by Gasteiger charge is 2.20. The van der Waals surface area contributed by atoms with Gasteiger partial charge in [0.05, 0.1) is 23.4 Å². The van der Waals surface area contributed by atoms with Gasteiger partial charge in [0.15, 0.2) is 0 Å². The summed E-state index contributed by atoms with van der Waals surface area (Å²) in [6.07, 6.45) is 0. The van der Waals surface area contributed by atoms with Crippen LogP contribution in [-0.2, 0) is 4.79 Å². The third-order valence-electron chi connectivity index (χ3n) is 3.55. The van der Waals surface area contributed by atoms with Gasteiger partial charge in [-0.15, -0.1) is 0 Å². The molecule has 0 bridgehead atoms. The van der Waals surface area contributed by atoms with E-state index in [1.165, 1.54) is 12.0 Å². The number of methoxy groups -OCH3 is 1. The molecule has 5 nitrogen and oxygen atoms in total. The number of ether oxygens (including phenoxy) is 1. The third kappa shape index (κ3) is 4.96. The zero-order valence-corrected chi connectivity index (χ0v) is 16.2. The van der Waals surface area contributed by atoms with Crippen molar-refractivity contribution in [3.05, 3.63) is 57.5 Å². The number of para-hydroxylation sites is 2. The number of anilines is 1. The molecule has 0 aromatic heterocycles. The molecule has 0 unspecified atom stereocenters. The van der Waals surface area contributed by atoms with Crippen LogP contribution in [0.5, 0.6) is 5.75 Å². The minimum Gasteiger partial charge on any atom is -0.495 e. The Morgan fingerprint density at radius 2 is 1.96 bits per heavy atom. The van der Waals surface area contributed by atoms with Crippen molar-refractivity contribution in [2.45, 2.75) is 6.92 Å². The smallest absolute Gasteiger partial charge is 0.255 e. The van der Waals surface area contributed by atoms with Crippen molar-refractivity contribution < 1.29 is 14.3 Å². The van der Waals surface area contributed by atoms with Crippen LogP contribution in [-0.4, -0.2) is 36.9 Å². The van der Waals surface area contributed by atoms with Crippen LogP contribution in [0.4, 0.5) is 5.69 Å². The van der Waals surface area contributed by atoms with Crippen molar-refractivity contribution in [1.29, 1.82) is 0 Å². The highest BCUT2D eigenvalue weighted by molar-refractivity contribution is 9.10. The molecule has 7 heteroatoms. The molecule has 0 atom stereocenters. The number of carbonyl (C=O) groups excluding carboxylic acids is 2. The van der Waals surface area contributed by atoms with Gasteiger partial charge in [-0.05, 0) is 37.3 Å². The first-order valence-corrected chi connectivity index (χ1v) is 8.80. The van der Waals surface area contributed by atoms with Crippen LogP contribution in [0.25, 0.3) is 0 Å². The summed E-state index contributed by atoms with van der Waals surface area (Å²) in [4.78, 5) is 26.4. The summed E-state index contributed by atoms with van der Waals surface area (Å²) in [7, 11) is 1.53. The Hall–Kier alpha value is -2.05. The predicted molar refractivity (Wildman–Crippen MR) is 102 cm³/mol. The third-order valence-corrected chi connectivity index (χ3v) is 4.35. The maximum Gasteiger partial charge on any atom is 0.255 e.